The molecule has 4 nitrogen and oxygen atoms in total. The number of para-hydroxylation sites is 1. The second kappa shape index (κ2) is 4.29. The van der Waals surface area contributed by atoms with Gasteiger partial charge in [-0.15, -0.1) is 0 Å². The summed E-state index contributed by atoms with van der Waals surface area (Å²) >= 11 is 0. The highest BCUT2D eigenvalue weighted by Crippen LogP contribution is 2.24. The van der Waals surface area contributed by atoms with E-state index in [-0.39, 0.29) is 0 Å². The summed E-state index contributed by atoms with van der Waals surface area (Å²) in [6, 6.07) is 9.44. The normalized spacial score (nSPS) is 15.2. The number of nitrogens with two attached hydrogens (primary N) is 1. The minimum absolute atomic E-state index is 0.394. The summed E-state index contributed by atoms with van der Waals surface area (Å²) in [4.78, 5) is 18.4. The van der Waals surface area contributed by atoms with Crippen molar-refractivity contribution in [2.45, 2.75) is 12.8 Å². The van der Waals surface area contributed by atoms with Crippen LogP contribution in [-0.4, -0.2) is 24.0 Å². The summed E-state index contributed by atoms with van der Waals surface area (Å²) in [5.74, 6) is 0.467. The molecule has 1 aromatic heterocycles. The van der Waals surface area contributed by atoms with Crippen molar-refractivity contribution in [2.24, 2.45) is 5.73 Å². The average molecular weight is 241 g/mol. The van der Waals surface area contributed by atoms with Gasteiger partial charge in [0.05, 0.1) is 11.1 Å². The summed E-state index contributed by atoms with van der Waals surface area (Å²) in [5, 5.41) is 0.827. The first kappa shape index (κ1) is 11.0. The van der Waals surface area contributed by atoms with Crippen molar-refractivity contribution < 1.29 is 4.79 Å². The number of fused-ring (bicyclic) bond motifs is 1. The van der Waals surface area contributed by atoms with Crippen LogP contribution in [0.3, 0.4) is 0 Å². The zero-order valence-corrected chi connectivity index (χ0v) is 10.1. The molecule has 1 fully saturated rings. The van der Waals surface area contributed by atoms with Gasteiger partial charge in [-0.05, 0) is 25.0 Å². The molecule has 0 bridgehead atoms. The SMILES string of the molecule is NC(=O)c1cc(N2CCCC2)nc2ccccc12. The minimum atomic E-state index is -0.394. The topological polar surface area (TPSA) is 59.2 Å². The van der Waals surface area contributed by atoms with Crippen LogP contribution < -0.4 is 10.6 Å². The van der Waals surface area contributed by atoms with E-state index in [1.165, 1.54) is 12.8 Å². The molecule has 1 aromatic carbocycles. The first-order chi connectivity index (χ1) is 8.75. The van der Waals surface area contributed by atoms with Gasteiger partial charge in [0.15, 0.2) is 0 Å². The first-order valence-electron chi connectivity index (χ1n) is 6.20. The second-order valence-electron chi connectivity index (χ2n) is 4.60. The van der Waals surface area contributed by atoms with Gasteiger partial charge in [-0.25, -0.2) is 4.98 Å². The van der Waals surface area contributed by atoms with Gasteiger partial charge < -0.3 is 10.6 Å². The number of carbonyl (C=O) groups excluding carboxylic acids is 1. The minimum Gasteiger partial charge on any atom is -0.366 e. The summed E-state index contributed by atoms with van der Waals surface area (Å²) in [7, 11) is 0. The number of benzene rings is 1. The Balaban J connectivity index is 2.19. The Kier molecular flexibility index (Phi) is 2.63. The fraction of sp³-hybridized carbons (Fsp3) is 0.286. The number of amides is 1. The Morgan fingerprint density at radius 3 is 2.67 bits per heavy atom. The molecular formula is C14H15N3O. The largest absolute Gasteiger partial charge is 0.366 e. The van der Waals surface area contributed by atoms with Crippen molar-refractivity contribution in [3.05, 3.63) is 35.9 Å². The van der Waals surface area contributed by atoms with Crippen LogP contribution in [0.2, 0.25) is 0 Å². The molecule has 3 rings (SSSR count). The fourth-order valence-electron chi connectivity index (χ4n) is 2.47. The van der Waals surface area contributed by atoms with Gasteiger partial charge in [-0.3, -0.25) is 4.79 Å². The third kappa shape index (κ3) is 1.79. The summed E-state index contributed by atoms with van der Waals surface area (Å²) < 4.78 is 0. The maximum atomic E-state index is 11.6. The maximum Gasteiger partial charge on any atom is 0.249 e. The van der Waals surface area contributed by atoms with Crippen molar-refractivity contribution in [2.75, 3.05) is 18.0 Å². The van der Waals surface area contributed by atoms with Crippen LogP contribution in [-0.2, 0) is 0 Å². The van der Waals surface area contributed by atoms with Gasteiger partial charge >= 0.3 is 0 Å². The standard InChI is InChI=1S/C14H15N3O/c15-14(18)11-9-13(17-7-3-4-8-17)16-12-6-2-1-5-10(11)12/h1-2,5-6,9H,3-4,7-8H2,(H2,15,18). The molecule has 2 N–H and O–H groups in total. The van der Waals surface area contributed by atoms with Crippen LogP contribution >= 0.6 is 0 Å². The zero-order valence-electron chi connectivity index (χ0n) is 10.1. The highest BCUT2D eigenvalue weighted by atomic mass is 16.1. The second-order valence-corrected chi connectivity index (χ2v) is 4.60. The van der Waals surface area contributed by atoms with Crippen LogP contribution in [0.25, 0.3) is 10.9 Å². The van der Waals surface area contributed by atoms with Crippen LogP contribution in [0.4, 0.5) is 5.82 Å². The Bertz CT molecular complexity index is 603. The van der Waals surface area contributed by atoms with Gasteiger partial charge in [0.1, 0.15) is 5.82 Å². The fourth-order valence-corrected chi connectivity index (χ4v) is 2.47. The van der Waals surface area contributed by atoms with E-state index in [0.717, 1.165) is 29.8 Å². The number of hydrogen-bond acceptors (Lipinski definition) is 3. The number of pyridine rings is 1. The molecule has 0 atom stereocenters. The summed E-state index contributed by atoms with van der Waals surface area (Å²) in [6.45, 7) is 2.01. The maximum absolute atomic E-state index is 11.6. The predicted octanol–water partition coefficient (Wildman–Crippen LogP) is 1.93. The highest BCUT2D eigenvalue weighted by molar-refractivity contribution is 6.06. The van der Waals surface area contributed by atoms with E-state index in [4.69, 9.17) is 5.73 Å². The Morgan fingerprint density at radius 1 is 1.22 bits per heavy atom. The molecule has 0 radical (unpaired) electrons. The van der Waals surface area contributed by atoms with Gasteiger partial charge in [0.25, 0.3) is 0 Å². The Morgan fingerprint density at radius 2 is 1.94 bits per heavy atom. The molecule has 0 spiro atoms. The lowest BCUT2D eigenvalue weighted by molar-refractivity contribution is 0.100. The van der Waals surface area contributed by atoms with Gasteiger partial charge in [0.2, 0.25) is 5.91 Å². The Hall–Kier alpha value is -2.10. The number of carbonyl (C=O) groups is 1. The third-order valence-electron chi connectivity index (χ3n) is 3.40. The van der Waals surface area contributed by atoms with Crippen LogP contribution in [0.15, 0.2) is 30.3 Å². The number of nitrogens with zero attached hydrogens (tertiary/aromatic N) is 2. The molecule has 1 aliphatic rings. The van der Waals surface area contributed by atoms with E-state index in [2.05, 4.69) is 9.88 Å². The smallest absolute Gasteiger partial charge is 0.249 e. The quantitative estimate of drug-likeness (QED) is 0.874. The Labute approximate surface area is 105 Å². The molecule has 4 heteroatoms. The lowest BCUT2D eigenvalue weighted by Crippen LogP contribution is -2.20. The van der Waals surface area contributed by atoms with Crippen molar-refractivity contribution in [3.8, 4) is 0 Å². The predicted molar refractivity (Wildman–Crippen MR) is 71.7 cm³/mol. The van der Waals surface area contributed by atoms with Gasteiger partial charge in [-0.1, -0.05) is 18.2 Å². The molecule has 1 saturated heterocycles. The van der Waals surface area contributed by atoms with E-state index in [9.17, 15) is 4.79 Å². The molecule has 0 saturated carbocycles. The number of hydrogen-bond donors (Lipinski definition) is 1. The van der Waals surface area contributed by atoms with Crippen molar-refractivity contribution in [1.82, 2.24) is 4.98 Å². The summed E-state index contributed by atoms with van der Waals surface area (Å²) in [6.07, 6.45) is 2.36. The molecule has 92 valence electrons. The van der Waals surface area contributed by atoms with E-state index in [1.54, 1.807) is 0 Å². The third-order valence-corrected chi connectivity index (χ3v) is 3.40. The first-order valence-corrected chi connectivity index (χ1v) is 6.20. The lowest BCUT2D eigenvalue weighted by Gasteiger charge is -2.17. The van der Waals surface area contributed by atoms with Gasteiger partial charge in [-0.2, -0.15) is 0 Å². The van der Waals surface area contributed by atoms with E-state index in [0.29, 0.717) is 5.56 Å². The zero-order chi connectivity index (χ0) is 12.5. The van der Waals surface area contributed by atoms with E-state index < -0.39 is 5.91 Å². The van der Waals surface area contributed by atoms with Crippen LogP contribution in [0, 0.1) is 0 Å². The van der Waals surface area contributed by atoms with Crippen molar-refractivity contribution in [3.63, 3.8) is 0 Å². The average Bonchev–Trinajstić information content (AvgIpc) is 2.91. The highest BCUT2D eigenvalue weighted by Gasteiger charge is 2.17. The number of primary amides is 1. The van der Waals surface area contributed by atoms with E-state index >= 15 is 0 Å². The van der Waals surface area contributed by atoms with Crippen LogP contribution in [0.5, 0.6) is 0 Å². The number of aromatic nitrogens is 1. The van der Waals surface area contributed by atoms with E-state index in [1.807, 2.05) is 30.3 Å². The molecule has 2 aromatic rings. The van der Waals surface area contributed by atoms with Crippen LogP contribution in [0.1, 0.15) is 23.2 Å². The summed E-state index contributed by atoms with van der Waals surface area (Å²) in [5.41, 5.74) is 6.85. The van der Waals surface area contributed by atoms with Crippen molar-refractivity contribution >= 4 is 22.6 Å². The monoisotopic (exact) mass is 241 g/mol. The molecule has 2 heterocycles. The molecule has 0 unspecified atom stereocenters. The van der Waals surface area contributed by atoms with Crippen molar-refractivity contribution in [1.29, 1.82) is 0 Å². The molecule has 0 aliphatic carbocycles. The number of anilines is 1. The molecule has 1 amide bonds. The number of rotatable bonds is 2. The molecule has 18 heavy (non-hydrogen) atoms. The van der Waals surface area contributed by atoms with Gasteiger partial charge in [0, 0.05) is 18.5 Å². The molecular weight excluding hydrogens is 226 g/mol. The lowest BCUT2D eigenvalue weighted by atomic mass is 10.1. The molecule has 1 aliphatic heterocycles.